The highest BCUT2D eigenvalue weighted by atomic mass is 16.5. The lowest BCUT2D eigenvalue weighted by Crippen LogP contribution is -2.19. The molecule has 5 heteroatoms. The Labute approximate surface area is 124 Å². The first-order chi connectivity index (χ1) is 10.2. The normalized spacial score (nSPS) is 12.1. The Balaban J connectivity index is 1.97. The molecule has 0 saturated carbocycles. The number of carbonyl (C=O) groups excluding carboxylic acids is 1. The first-order valence-electron chi connectivity index (χ1n) is 7.16. The van der Waals surface area contributed by atoms with Gasteiger partial charge in [0.1, 0.15) is 0 Å². The second kappa shape index (κ2) is 7.59. The standard InChI is InChI=1S/C16H21N3O2/c1-2-21-16(20)8-9-19-12-18-11-15(19)14(17)10-13-6-4-3-5-7-13/h3-7,11-12,14H,2,8-10,17H2,1H3/t14-/m1/s1. The molecular formula is C16H21N3O2. The summed E-state index contributed by atoms with van der Waals surface area (Å²) in [5.74, 6) is -0.200. The van der Waals surface area contributed by atoms with Crippen LogP contribution in [0, 0.1) is 0 Å². The van der Waals surface area contributed by atoms with E-state index in [1.807, 2.05) is 22.8 Å². The summed E-state index contributed by atoms with van der Waals surface area (Å²) in [7, 11) is 0. The zero-order valence-electron chi connectivity index (χ0n) is 12.2. The maximum Gasteiger partial charge on any atom is 0.307 e. The van der Waals surface area contributed by atoms with Crippen LogP contribution in [0.5, 0.6) is 0 Å². The van der Waals surface area contributed by atoms with E-state index in [2.05, 4.69) is 17.1 Å². The summed E-state index contributed by atoms with van der Waals surface area (Å²) in [6.07, 6.45) is 4.54. The Bertz CT molecular complexity index is 566. The zero-order valence-corrected chi connectivity index (χ0v) is 12.2. The van der Waals surface area contributed by atoms with Crippen LogP contribution in [-0.2, 0) is 22.5 Å². The highest BCUT2D eigenvalue weighted by Gasteiger charge is 2.13. The minimum absolute atomic E-state index is 0.142. The van der Waals surface area contributed by atoms with Gasteiger partial charge in [-0.15, -0.1) is 0 Å². The number of benzene rings is 1. The second-order valence-corrected chi connectivity index (χ2v) is 4.86. The van der Waals surface area contributed by atoms with Gasteiger partial charge in [-0.05, 0) is 18.9 Å². The fourth-order valence-corrected chi connectivity index (χ4v) is 2.24. The Hall–Kier alpha value is -2.14. The molecule has 2 aromatic rings. The first-order valence-corrected chi connectivity index (χ1v) is 7.16. The maximum absolute atomic E-state index is 11.4. The van der Waals surface area contributed by atoms with Crippen LogP contribution in [0.1, 0.15) is 30.6 Å². The number of imidazole rings is 1. The number of hydrogen-bond acceptors (Lipinski definition) is 4. The molecule has 0 aliphatic heterocycles. The van der Waals surface area contributed by atoms with Gasteiger partial charge in [0.2, 0.25) is 0 Å². The molecule has 1 aromatic carbocycles. The summed E-state index contributed by atoms with van der Waals surface area (Å²) in [4.78, 5) is 15.6. The number of aryl methyl sites for hydroxylation is 1. The molecule has 2 N–H and O–H groups in total. The van der Waals surface area contributed by atoms with Crippen molar-refractivity contribution in [3.63, 3.8) is 0 Å². The highest BCUT2D eigenvalue weighted by Crippen LogP contribution is 2.16. The Morgan fingerprint density at radius 2 is 2.14 bits per heavy atom. The molecule has 0 unspecified atom stereocenters. The quantitative estimate of drug-likeness (QED) is 0.791. The summed E-state index contributed by atoms with van der Waals surface area (Å²) in [5, 5.41) is 0. The predicted molar refractivity (Wildman–Crippen MR) is 80.6 cm³/mol. The molecule has 0 fully saturated rings. The van der Waals surface area contributed by atoms with Crippen molar-refractivity contribution in [1.29, 1.82) is 0 Å². The zero-order chi connectivity index (χ0) is 15.1. The van der Waals surface area contributed by atoms with Crippen molar-refractivity contribution in [3.8, 4) is 0 Å². The molecule has 0 bridgehead atoms. The average Bonchev–Trinajstić information content (AvgIpc) is 2.95. The predicted octanol–water partition coefficient (Wildman–Crippen LogP) is 2.08. The van der Waals surface area contributed by atoms with Crippen LogP contribution in [0.2, 0.25) is 0 Å². The van der Waals surface area contributed by atoms with Gasteiger partial charge >= 0.3 is 5.97 Å². The van der Waals surface area contributed by atoms with Gasteiger partial charge in [-0.25, -0.2) is 4.98 Å². The molecule has 0 saturated heterocycles. The number of esters is 1. The van der Waals surface area contributed by atoms with E-state index in [9.17, 15) is 4.79 Å². The first kappa shape index (κ1) is 15.3. The molecule has 0 aliphatic carbocycles. The minimum Gasteiger partial charge on any atom is -0.466 e. The molecule has 0 spiro atoms. The van der Waals surface area contributed by atoms with E-state index in [1.54, 1.807) is 19.4 Å². The average molecular weight is 287 g/mol. The van der Waals surface area contributed by atoms with Gasteiger partial charge in [0.15, 0.2) is 0 Å². The summed E-state index contributed by atoms with van der Waals surface area (Å²) in [6, 6.07) is 9.95. The lowest BCUT2D eigenvalue weighted by atomic mass is 10.0. The van der Waals surface area contributed by atoms with Crippen molar-refractivity contribution in [1.82, 2.24) is 9.55 Å². The molecule has 0 radical (unpaired) electrons. The molecule has 1 atom stereocenters. The molecule has 0 amide bonds. The number of ether oxygens (including phenoxy) is 1. The van der Waals surface area contributed by atoms with Crippen molar-refractivity contribution >= 4 is 5.97 Å². The van der Waals surface area contributed by atoms with Crippen LogP contribution in [0.25, 0.3) is 0 Å². The molecule has 112 valence electrons. The van der Waals surface area contributed by atoms with Crippen LogP contribution < -0.4 is 5.73 Å². The van der Waals surface area contributed by atoms with E-state index in [4.69, 9.17) is 10.5 Å². The van der Waals surface area contributed by atoms with E-state index in [0.29, 0.717) is 19.6 Å². The van der Waals surface area contributed by atoms with Crippen molar-refractivity contribution in [3.05, 3.63) is 54.1 Å². The van der Waals surface area contributed by atoms with Crippen LogP contribution in [0.3, 0.4) is 0 Å². The lowest BCUT2D eigenvalue weighted by molar-refractivity contribution is -0.143. The largest absolute Gasteiger partial charge is 0.466 e. The molecule has 0 aliphatic rings. The molecule has 1 heterocycles. The summed E-state index contributed by atoms with van der Waals surface area (Å²) < 4.78 is 6.85. The second-order valence-electron chi connectivity index (χ2n) is 4.86. The van der Waals surface area contributed by atoms with Gasteiger partial charge in [-0.1, -0.05) is 30.3 Å². The summed E-state index contributed by atoms with van der Waals surface area (Å²) in [6.45, 7) is 2.75. The van der Waals surface area contributed by atoms with E-state index in [-0.39, 0.29) is 12.0 Å². The molecule has 2 rings (SSSR count). The minimum atomic E-state index is -0.200. The van der Waals surface area contributed by atoms with Gasteiger partial charge in [-0.3, -0.25) is 4.79 Å². The highest BCUT2D eigenvalue weighted by molar-refractivity contribution is 5.69. The Morgan fingerprint density at radius 3 is 2.86 bits per heavy atom. The van der Waals surface area contributed by atoms with Gasteiger partial charge in [0.05, 0.1) is 31.1 Å². The SMILES string of the molecule is CCOC(=O)CCn1cncc1[C@H](N)Cc1ccccc1. The van der Waals surface area contributed by atoms with E-state index < -0.39 is 0 Å². The van der Waals surface area contributed by atoms with Gasteiger partial charge in [0, 0.05) is 12.7 Å². The molecule has 21 heavy (non-hydrogen) atoms. The summed E-state index contributed by atoms with van der Waals surface area (Å²) in [5.41, 5.74) is 8.38. The lowest BCUT2D eigenvalue weighted by Gasteiger charge is -2.14. The van der Waals surface area contributed by atoms with Crippen LogP contribution in [0.4, 0.5) is 0 Å². The van der Waals surface area contributed by atoms with Crippen LogP contribution in [-0.4, -0.2) is 22.1 Å². The van der Waals surface area contributed by atoms with E-state index in [1.165, 1.54) is 5.56 Å². The molecule has 5 nitrogen and oxygen atoms in total. The van der Waals surface area contributed by atoms with Gasteiger partial charge < -0.3 is 15.0 Å². The van der Waals surface area contributed by atoms with Crippen molar-refractivity contribution in [2.24, 2.45) is 5.73 Å². The van der Waals surface area contributed by atoms with Gasteiger partial charge in [0.25, 0.3) is 0 Å². The summed E-state index contributed by atoms with van der Waals surface area (Å²) >= 11 is 0. The fourth-order valence-electron chi connectivity index (χ4n) is 2.24. The Kier molecular flexibility index (Phi) is 5.51. The van der Waals surface area contributed by atoms with E-state index in [0.717, 1.165) is 12.1 Å². The third kappa shape index (κ3) is 4.43. The van der Waals surface area contributed by atoms with E-state index >= 15 is 0 Å². The van der Waals surface area contributed by atoms with Crippen molar-refractivity contribution < 1.29 is 9.53 Å². The number of hydrogen-bond donors (Lipinski definition) is 1. The number of nitrogens with zero attached hydrogens (tertiary/aromatic N) is 2. The number of carbonyl (C=O) groups is 1. The fraction of sp³-hybridized carbons (Fsp3) is 0.375. The molecular weight excluding hydrogens is 266 g/mol. The van der Waals surface area contributed by atoms with Crippen LogP contribution in [0.15, 0.2) is 42.9 Å². The number of aromatic nitrogens is 2. The number of rotatable bonds is 7. The van der Waals surface area contributed by atoms with Crippen molar-refractivity contribution in [2.75, 3.05) is 6.61 Å². The third-order valence-corrected chi connectivity index (χ3v) is 3.28. The monoisotopic (exact) mass is 287 g/mol. The topological polar surface area (TPSA) is 70.1 Å². The Morgan fingerprint density at radius 1 is 1.38 bits per heavy atom. The van der Waals surface area contributed by atoms with Crippen molar-refractivity contribution in [2.45, 2.75) is 32.4 Å². The maximum atomic E-state index is 11.4. The van der Waals surface area contributed by atoms with Crippen LogP contribution >= 0.6 is 0 Å². The third-order valence-electron chi connectivity index (χ3n) is 3.28. The smallest absolute Gasteiger partial charge is 0.307 e. The van der Waals surface area contributed by atoms with Gasteiger partial charge in [-0.2, -0.15) is 0 Å². The molecule has 1 aromatic heterocycles. The number of nitrogens with two attached hydrogens (primary N) is 1.